The summed E-state index contributed by atoms with van der Waals surface area (Å²) in [6, 6.07) is 18.2. The zero-order chi connectivity index (χ0) is 20.3. The number of para-hydroxylation sites is 2. The lowest BCUT2D eigenvalue weighted by Crippen LogP contribution is -2.31. The van der Waals surface area contributed by atoms with Gasteiger partial charge < -0.3 is 9.09 Å². The minimum absolute atomic E-state index is 0.587. The first-order chi connectivity index (χ1) is 14.8. The second kappa shape index (κ2) is 8.38. The minimum Gasteiger partial charge on any atom is -0.334 e. The van der Waals surface area contributed by atoms with E-state index in [0.29, 0.717) is 5.89 Å². The van der Waals surface area contributed by atoms with Crippen molar-refractivity contribution in [2.75, 3.05) is 26.2 Å². The van der Waals surface area contributed by atoms with Crippen molar-refractivity contribution in [3.8, 4) is 11.5 Å². The molecule has 30 heavy (non-hydrogen) atoms. The number of hydrogen-bond donors (Lipinski definition) is 0. The summed E-state index contributed by atoms with van der Waals surface area (Å²) < 4.78 is 7.67. The maximum absolute atomic E-state index is 5.46. The molecule has 1 saturated heterocycles. The molecule has 0 saturated carbocycles. The first kappa shape index (κ1) is 19.0. The van der Waals surface area contributed by atoms with Crippen LogP contribution in [0, 0.1) is 0 Å². The third-order valence-electron chi connectivity index (χ3n) is 5.78. The molecule has 0 aliphatic carbocycles. The Hall–Kier alpha value is -3.03. The van der Waals surface area contributed by atoms with E-state index in [4.69, 9.17) is 9.51 Å². The number of nitrogens with zero attached hydrogens (tertiary/aromatic N) is 6. The van der Waals surface area contributed by atoms with Crippen molar-refractivity contribution in [3.05, 3.63) is 66.2 Å². The average molecular weight is 403 g/mol. The molecule has 0 amide bonds. The number of fused-ring (bicyclic) bond motifs is 1. The first-order valence-corrected chi connectivity index (χ1v) is 10.5. The lowest BCUT2D eigenvalue weighted by atomic mass is 10.2. The van der Waals surface area contributed by atoms with Gasteiger partial charge in [-0.2, -0.15) is 4.98 Å². The van der Waals surface area contributed by atoms with Crippen LogP contribution in [0.25, 0.3) is 22.5 Å². The van der Waals surface area contributed by atoms with Gasteiger partial charge in [-0.1, -0.05) is 35.5 Å². The van der Waals surface area contributed by atoms with E-state index in [2.05, 4.69) is 49.8 Å². The van der Waals surface area contributed by atoms with Gasteiger partial charge >= 0.3 is 0 Å². The molecule has 2 aromatic carbocycles. The second-order valence-electron chi connectivity index (χ2n) is 7.86. The third-order valence-corrected chi connectivity index (χ3v) is 5.78. The zero-order valence-electron chi connectivity index (χ0n) is 17.2. The van der Waals surface area contributed by atoms with Crippen LogP contribution in [0.3, 0.4) is 0 Å². The molecule has 0 bridgehead atoms. The molecule has 0 atom stereocenters. The lowest BCUT2D eigenvalue weighted by molar-refractivity contribution is 0.237. The van der Waals surface area contributed by atoms with E-state index in [-0.39, 0.29) is 0 Å². The van der Waals surface area contributed by atoms with Crippen LogP contribution in [0.4, 0.5) is 0 Å². The summed E-state index contributed by atoms with van der Waals surface area (Å²) in [5.74, 6) is 2.46. The summed E-state index contributed by atoms with van der Waals surface area (Å²) in [6.07, 6.45) is 1.12. The Bertz CT molecular complexity index is 1120. The number of imidazole rings is 1. The van der Waals surface area contributed by atoms with Crippen molar-refractivity contribution in [3.63, 3.8) is 0 Å². The normalized spacial score (nSPS) is 16.2. The minimum atomic E-state index is 0.587. The van der Waals surface area contributed by atoms with Crippen LogP contribution in [-0.2, 0) is 20.1 Å². The third kappa shape index (κ3) is 3.99. The van der Waals surface area contributed by atoms with Crippen LogP contribution in [0.15, 0.2) is 59.1 Å². The molecule has 7 heteroatoms. The Kier molecular flexibility index (Phi) is 5.29. The van der Waals surface area contributed by atoms with Crippen LogP contribution in [-0.4, -0.2) is 55.7 Å². The number of aromatic nitrogens is 4. The van der Waals surface area contributed by atoms with E-state index in [1.165, 1.54) is 5.52 Å². The van der Waals surface area contributed by atoms with Gasteiger partial charge in [0, 0.05) is 25.7 Å². The first-order valence-electron chi connectivity index (χ1n) is 10.5. The lowest BCUT2D eigenvalue weighted by Gasteiger charge is -2.20. The molecular weight excluding hydrogens is 376 g/mol. The molecular formula is C23H26N6O. The summed E-state index contributed by atoms with van der Waals surface area (Å²) in [5, 5.41) is 4.19. The monoisotopic (exact) mass is 402 g/mol. The summed E-state index contributed by atoms with van der Waals surface area (Å²) in [7, 11) is 2.11. The molecule has 0 radical (unpaired) electrons. The Morgan fingerprint density at radius 1 is 0.833 bits per heavy atom. The van der Waals surface area contributed by atoms with Gasteiger partial charge in [0.05, 0.1) is 24.1 Å². The number of benzene rings is 2. The molecule has 4 aromatic rings. The van der Waals surface area contributed by atoms with Crippen LogP contribution < -0.4 is 0 Å². The highest BCUT2D eigenvalue weighted by atomic mass is 16.5. The highest BCUT2D eigenvalue weighted by molar-refractivity contribution is 5.75. The van der Waals surface area contributed by atoms with Crippen molar-refractivity contribution < 1.29 is 4.52 Å². The predicted octanol–water partition coefficient (Wildman–Crippen LogP) is 3.33. The van der Waals surface area contributed by atoms with Gasteiger partial charge in [-0.05, 0) is 43.8 Å². The van der Waals surface area contributed by atoms with E-state index < -0.39 is 0 Å². The van der Waals surface area contributed by atoms with E-state index in [9.17, 15) is 0 Å². The van der Waals surface area contributed by atoms with Crippen molar-refractivity contribution >= 4 is 11.0 Å². The van der Waals surface area contributed by atoms with Crippen molar-refractivity contribution in [1.82, 2.24) is 29.5 Å². The van der Waals surface area contributed by atoms with Crippen molar-refractivity contribution in [1.29, 1.82) is 0 Å². The highest BCUT2D eigenvalue weighted by Gasteiger charge is 2.19. The van der Waals surface area contributed by atoms with Crippen molar-refractivity contribution in [2.24, 2.45) is 7.05 Å². The van der Waals surface area contributed by atoms with Gasteiger partial charge in [0.15, 0.2) is 5.82 Å². The standard InChI is InChI=1S/C23H26N6O/c1-27-20-11-6-5-10-19(20)24-22(27)17-29-13-7-12-28(14-15-29)16-21-25-23(30-26-21)18-8-3-2-4-9-18/h2-6,8-11H,7,12-17H2,1H3. The molecule has 1 aliphatic heterocycles. The Balaban J connectivity index is 1.20. The van der Waals surface area contributed by atoms with E-state index in [0.717, 1.165) is 68.4 Å². The predicted molar refractivity (Wildman–Crippen MR) is 116 cm³/mol. The Morgan fingerprint density at radius 2 is 1.57 bits per heavy atom. The van der Waals surface area contributed by atoms with Crippen molar-refractivity contribution in [2.45, 2.75) is 19.5 Å². The maximum atomic E-state index is 5.46. The fourth-order valence-corrected chi connectivity index (χ4v) is 4.09. The fraction of sp³-hybridized carbons (Fsp3) is 0.348. The average Bonchev–Trinajstić information content (AvgIpc) is 3.29. The Morgan fingerprint density at radius 3 is 2.37 bits per heavy atom. The van der Waals surface area contributed by atoms with Gasteiger partial charge in [0.25, 0.3) is 5.89 Å². The summed E-state index contributed by atoms with van der Waals surface area (Å²) in [5.41, 5.74) is 3.22. The van der Waals surface area contributed by atoms with E-state index in [1.807, 2.05) is 36.4 Å². The molecule has 154 valence electrons. The highest BCUT2D eigenvalue weighted by Crippen LogP contribution is 2.18. The van der Waals surface area contributed by atoms with Gasteiger partial charge in [-0.25, -0.2) is 4.98 Å². The van der Waals surface area contributed by atoms with Gasteiger partial charge in [-0.3, -0.25) is 9.80 Å². The summed E-state index contributed by atoms with van der Waals surface area (Å²) >= 11 is 0. The Labute approximate surface area is 175 Å². The number of hydrogen-bond acceptors (Lipinski definition) is 6. The molecule has 7 nitrogen and oxygen atoms in total. The molecule has 0 spiro atoms. The molecule has 2 aromatic heterocycles. The molecule has 1 fully saturated rings. The molecule has 5 rings (SSSR count). The SMILES string of the molecule is Cn1c(CN2CCCN(Cc3noc(-c4ccccc4)n3)CC2)nc2ccccc21. The molecule has 0 N–H and O–H groups in total. The molecule has 0 unspecified atom stereocenters. The van der Waals surface area contributed by atoms with E-state index in [1.54, 1.807) is 0 Å². The quantitative estimate of drug-likeness (QED) is 0.510. The fourth-order valence-electron chi connectivity index (χ4n) is 4.09. The van der Waals surface area contributed by atoms with E-state index >= 15 is 0 Å². The largest absolute Gasteiger partial charge is 0.334 e. The van der Waals surface area contributed by atoms with Crippen LogP contribution >= 0.6 is 0 Å². The molecule has 3 heterocycles. The summed E-state index contributed by atoms with van der Waals surface area (Å²) in [6.45, 7) is 5.69. The van der Waals surface area contributed by atoms with Gasteiger partial charge in [0.1, 0.15) is 5.82 Å². The smallest absolute Gasteiger partial charge is 0.257 e. The van der Waals surface area contributed by atoms with Crippen LogP contribution in [0.5, 0.6) is 0 Å². The molecule has 1 aliphatic rings. The van der Waals surface area contributed by atoms with Crippen LogP contribution in [0.1, 0.15) is 18.1 Å². The van der Waals surface area contributed by atoms with Gasteiger partial charge in [0.2, 0.25) is 0 Å². The second-order valence-corrected chi connectivity index (χ2v) is 7.86. The number of rotatable bonds is 5. The topological polar surface area (TPSA) is 63.2 Å². The maximum Gasteiger partial charge on any atom is 0.257 e. The van der Waals surface area contributed by atoms with Crippen LogP contribution in [0.2, 0.25) is 0 Å². The number of aryl methyl sites for hydroxylation is 1. The van der Waals surface area contributed by atoms with Gasteiger partial charge in [-0.15, -0.1) is 0 Å². The summed E-state index contributed by atoms with van der Waals surface area (Å²) in [4.78, 5) is 14.3. The zero-order valence-corrected chi connectivity index (χ0v) is 17.2.